The first-order valence-corrected chi connectivity index (χ1v) is 6.91. The number of anilines is 1. The molecule has 1 aliphatic rings. The summed E-state index contributed by atoms with van der Waals surface area (Å²) in [6.45, 7) is 4.30. The number of amides is 1. The molecule has 0 bridgehead atoms. The Balaban J connectivity index is 0.00000200. The third kappa shape index (κ3) is 4.35. The van der Waals surface area contributed by atoms with E-state index < -0.39 is 0 Å². The molecule has 1 unspecified atom stereocenters. The lowest BCUT2D eigenvalue weighted by Crippen LogP contribution is -2.39. The Kier molecular flexibility index (Phi) is 6.76. The molecule has 1 aliphatic heterocycles. The zero-order valence-corrected chi connectivity index (χ0v) is 13.4. The molecule has 1 aromatic rings. The number of nitrogens with zero attached hydrogens (tertiary/aromatic N) is 1. The van der Waals surface area contributed by atoms with Crippen LogP contribution in [0.3, 0.4) is 0 Å². The standard InChI is InChI=1S/C14H20ClN3O.ClH/c1-10-12(15)4-3-5-13(10)17-14(19)9-18(2)11-6-7-16-8-11;/h3-5,11,16H,6-9H2,1-2H3,(H,17,19);1H. The van der Waals surface area contributed by atoms with Gasteiger partial charge in [-0.3, -0.25) is 9.69 Å². The molecular formula is C14H21Cl2N3O. The van der Waals surface area contributed by atoms with Crippen LogP contribution in [-0.2, 0) is 4.79 Å². The minimum atomic E-state index is -0.000216. The molecule has 1 heterocycles. The maximum atomic E-state index is 12.0. The second-order valence-corrected chi connectivity index (χ2v) is 5.43. The van der Waals surface area contributed by atoms with Crippen LogP contribution in [0.1, 0.15) is 12.0 Å². The van der Waals surface area contributed by atoms with E-state index >= 15 is 0 Å². The van der Waals surface area contributed by atoms with E-state index in [4.69, 9.17) is 11.6 Å². The molecule has 2 rings (SSSR count). The van der Waals surface area contributed by atoms with E-state index in [0.29, 0.717) is 17.6 Å². The summed E-state index contributed by atoms with van der Waals surface area (Å²) in [6, 6.07) is 5.99. The predicted molar refractivity (Wildman–Crippen MR) is 86.0 cm³/mol. The van der Waals surface area contributed by atoms with E-state index in [0.717, 1.165) is 30.8 Å². The molecule has 0 saturated carbocycles. The molecule has 112 valence electrons. The highest BCUT2D eigenvalue weighted by atomic mass is 35.5. The lowest BCUT2D eigenvalue weighted by atomic mass is 10.2. The number of carbonyl (C=O) groups excluding carboxylic acids is 1. The maximum Gasteiger partial charge on any atom is 0.238 e. The number of likely N-dealkylation sites (N-methyl/N-ethyl adjacent to an activating group) is 1. The van der Waals surface area contributed by atoms with Gasteiger partial charge in [-0.25, -0.2) is 0 Å². The van der Waals surface area contributed by atoms with E-state index in [1.54, 1.807) is 0 Å². The van der Waals surface area contributed by atoms with Gasteiger partial charge in [0.05, 0.1) is 6.54 Å². The van der Waals surface area contributed by atoms with Gasteiger partial charge in [0, 0.05) is 23.3 Å². The summed E-state index contributed by atoms with van der Waals surface area (Å²) < 4.78 is 0. The Morgan fingerprint density at radius 2 is 2.30 bits per heavy atom. The van der Waals surface area contributed by atoms with Crippen molar-refractivity contribution in [2.24, 2.45) is 0 Å². The van der Waals surface area contributed by atoms with Crippen LogP contribution in [0, 0.1) is 6.92 Å². The van der Waals surface area contributed by atoms with Crippen LogP contribution < -0.4 is 10.6 Å². The van der Waals surface area contributed by atoms with Gasteiger partial charge >= 0.3 is 0 Å². The molecule has 0 radical (unpaired) electrons. The third-order valence-electron chi connectivity index (χ3n) is 3.59. The van der Waals surface area contributed by atoms with Crippen LogP contribution >= 0.6 is 24.0 Å². The van der Waals surface area contributed by atoms with E-state index in [2.05, 4.69) is 15.5 Å². The van der Waals surface area contributed by atoms with Gasteiger partial charge in [0.15, 0.2) is 0 Å². The second kappa shape index (κ2) is 7.84. The minimum absolute atomic E-state index is 0. The van der Waals surface area contributed by atoms with Crippen molar-refractivity contribution in [1.82, 2.24) is 10.2 Å². The first-order chi connectivity index (χ1) is 9.08. The molecule has 2 N–H and O–H groups in total. The normalized spacial score (nSPS) is 17.9. The fraction of sp³-hybridized carbons (Fsp3) is 0.500. The van der Waals surface area contributed by atoms with Crippen LogP contribution in [0.25, 0.3) is 0 Å². The lowest BCUT2D eigenvalue weighted by Gasteiger charge is -2.22. The fourth-order valence-electron chi connectivity index (χ4n) is 2.30. The van der Waals surface area contributed by atoms with Gasteiger partial charge in [-0.15, -0.1) is 12.4 Å². The highest BCUT2D eigenvalue weighted by molar-refractivity contribution is 6.31. The molecule has 1 amide bonds. The first kappa shape index (κ1) is 17.2. The van der Waals surface area contributed by atoms with Crippen molar-refractivity contribution >= 4 is 35.6 Å². The van der Waals surface area contributed by atoms with E-state index in [9.17, 15) is 4.79 Å². The molecule has 1 aromatic carbocycles. The average molecular weight is 318 g/mol. The van der Waals surface area contributed by atoms with Crippen LogP contribution in [0.15, 0.2) is 18.2 Å². The molecule has 4 nitrogen and oxygen atoms in total. The number of benzene rings is 1. The monoisotopic (exact) mass is 317 g/mol. The highest BCUT2D eigenvalue weighted by Crippen LogP contribution is 2.22. The Bertz CT molecular complexity index is 462. The molecule has 1 atom stereocenters. The van der Waals surface area contributed by atoms with E-state index in [1.165, 1.54) is 0 Å². The third-order valence-corrected chi connectivity index (χ3v) is 4.00. The van der Waals surface area contributed by atoms with Crippen LogP contribution in [0.2, 0.25) is 5.02 Å². The number of hydrogen-bond donors (Lipinski definition) is 2. The predicted octanol–water partition coefficient (Wildman–Crippen LogP) is 2.30. The van der Waals surface area contributed by atoms with E-state index in [-0.39, 0.29) is 18.3 Å². The van der Waals surface area contributed by atoms with Crippen LogP contribution in [0.5, 0.6) is 0 Å². The van der Waals surface area contributed by atoms with Crippen molar-refractivity contribution in [3.05, 3.63) is 28.8 Å². The largest absolute Gasteiger partial charge is 0.325 e. The fourth-order valence-corrected chi connectivity index (χ4v) is 2.48. The zero-order chi connectivity index (χ0) is 13.8. The lowest BCUT2D eigenvalue weighted by molar-refractivity contribution is -0.117. The van der Waals surface area contributed by atoms with Crippen molar-refractivity contribution in [3.63, 3.8) is 0 Å². The van der Waals surface area contributed by atoms with Gasteiger partial charge in [0.1, 0.15) is 0 Å². The average Bonchev–Trinajstić information content (AvgIpc) is 2.88. The summed E-state index contributed by atoms with van der Waals surface area (Å²) in [4.78, 5) is 14.1. The van der Waals surface area contributed by atoms with Crippen molar-refractivity contribution < 1.29 is 4.79 Å². The molecule has 1 fully saturated rings. The molecular weight excluding hydrogens is 297 g/mol. The topological polar surface area (TPSA) is 44.4 Å². The van der Waals surface area contributed by atoms with Crippen molar-refractivity contribution in [1.29, 1.82) is 0 Å². The van der Waals surface area contributed by atoms with Gasteiger partial charge in [-0.2, -0.15) is 0 Å². The summed E-state index contributed by atoms with van der Waals surface area (Å²) in [5.74, 6) is -0.000216. The quantitative estimate of drug-likeness (QED) is 0.895. The number of nitrogens with one attached hydrogen (secondary N) is 2. The summed E-state index contributed by atoms with van der Waals surface area (Å²) in [6.07, 6.45) is 1.10. The molecule has 1 saturated heterocycles. The van der Waals surface area contributed by atoms with Gasteiger partial charge in [-0.05, 0) is 44.6 Å². The summed E-state index contributed by atoms with van der Waals surface area (Å²) in [7, 11) is 1.99. The van der Waals surface area contributed by atoms with Gasteiger partial charge < -0.3 is 10.6 Å². The van der Waals surface area contributed by atoms with Crippen LogP contribution in [0.4, 0.5) is 5.69 Å². The van der Waals surface area contributed by atoms with Crippen LogP contribution in [-0.4, -0.2) is 43.5 Å². The number of carbonyl (C=O) groups is 1. The van der Waals surface area contributed by atoms with Gasteiger partial charge in [0.25, 0.3) is 0 Å². The molecule has 6 heteroatoms. The zero-order valence-electron chi connectivity index (χ0n) is 11.8. The molecule has 0 aliphatic carbocycles. The smallest absolute Gasteiger partial charge is 0.238 e. The highest BCUT2D eigenvalue weighted by Gasteiger charge is 2.21. The second-order valence-electron chi connectivity index (χ2n) is 5.02. The number of rotatable bonds is 4. The van der Waals surface area contributed by atoms with Gasteiger partial charge in [-0.1, -0.05) is 17.7 Å². The summed E-state index contributed by atoms with van der Waals surface area (Å²) in [5.41, 5.74) is 1.69. The molecule has 20 heavy (non-hydrogen) atoms. The van der Waals surface area contributed by atoms with Crippen molar-refractivity contribution in [2.45, 2.75) is 19.4 Å². The van der Waals surface area contributed by atoms with Gasteiger partial charge in [0.2, 0.25) is 5.91 Å². The Labute approximate surface area is 131 Å². The Morgan fingerprint density at radius 3 is 2.95 bits per heavy atom. The molecule has 0 spiro atoms. The maximum absolute atomic E-state index is 12.0. The Hall–Kier alpha value is -0.810. The van der Waals surface area contributed by atoms with Crippen molar-refractivity contribution in [2.75, 3.05) is 32.0 Å². The summed E-state index contributed by atoms with van der Waals surface area (Å²) in [5, 5.41) is 6.89. The van der Waals surface area contributed by atoms with E-state index in [1.807, 2.05) is 32.2 Å². The molecule has 0 aromatic heterocycles. The number of hydrogen-bond acceptors (Lipinski definition) is 3. The van der Waals surface area contributed by atoms with Crippen molar-refractivity contribution in [3.8, 4) is 0 Å². The Morgan fingerprint density at radius 1 is 1.55 bits per heavy atom. The first-order valence-electron chi connectivity index (χ1n) is 6.54. The minimum Gasteiger partial charge on any atom is -0.325 e. The summed E-state index contributed by atoms with van der Waals surface area (Å²) >= 11 is 6.04. The number of halogens is 2. The SMILES string of the molecule is Cc1c(Cl)cccc1NC(=O)CN(C)C1CCNC1.Cl.